The molecule has 0 aromatic rings. The van der Waals surface area contributed by atoms with Gasteiger partial charge in [0.1, 0.15) is 0 Å². The standard InChI is InChI=1S/C4H8N2S4.C3H7NS2.2Zn/c7-3(8)5-1-2-6-4(9)10;1-4(2)3(5)6;;/h1-2H2,(H2,5,7,8)(H2,6,9,10);1-2H3,(H,5,6);;/q;;2*+2/p-3. The van der Waals surface area contributed by atoms with E-state index in [-0.39, 0.29) is 39.0 Å². The average Bonchev–Trinajstić information content (AvgIpc) is 2.12. The zero-order valence-electron chi connectivity index (χ0n) is 10.2. The van der Waals surface area contributed by atoms with Crippen molar-refractivity contribution in [2.24, 2.45) is 0 Å². The molecule has 0 bridgehead atoms. The Morgan fingerprint density at radius 2 is 1.11 bits per heavy atom. The molecule has 0 atom stereocenters. The number of nitrogens with zero attached hydrogens (tertiary/aromatic N) is 1. The first kappa shape index (κ1) is 27.8. The van der Waals surface area contributed by atoms with E-state index in [1.807, 2.05) is 14.1 Å². The summed E-state index contributed by atoms with van der Waals surface area (Å²) in [6.45, 7) is 1.33. The Morgan fingerprint density at radius 3 is 1.22 bits per heavy atom. The van der Waals surface area contributed by atoms with Crippen LogP contribution in [0.15, 0.2) is 0 Å². The van der Waals surface area contributed by atoms with Crippen molar-refractivity contribution in [3.63, 3.8) is 0 Å². The molecule has 0 rings (SSSR count). The van der Waals surface area contributed by atoms with Crippen molar-refractivity contribution in [3.8, 4) is 0 Å². The van der Waals surface area contributed by atoms with Crippen molar-refractivity contribution in [1.82, 2.24) is 15.5 Å². The maximum absolute atomic E-state index is 4.59. The largest absolute Gasteiger partial charge is 2.00 e. The van der Waals surface area contributed by atoms with Gasteiger partial charge in [0.05, 0.1) is 0 Å². The predicted molar refractivity (Wildman–Crippen MR) is 89.6 cm³/mol. The van der Waals surface area contributed by atoms with E-state index in [2.05, 4.69) is 85.2 Å². The summed E-state index contributed by atoms with van der Waals surface area (Å²) in [5, 5.41) is 5.56. The fraction of sp³-hybridized carbons (Fsp3) is 0.571. The Labute approximate surface area is 167 Å². The van der Waals surface area contributed by atoms with E-state index >= 15 is 0 Å². The molecule has 0 aromatic heterocycles. The van der Waals surface area contributed by atoms with Crippen LogP contribution in [0.5, 0.6) is 0 Å². The van der Waals surface area contributed by atoms with Crippen LogP contribution in [0.25, 0.3) is 0 Å². The first-order chi connectivity index (χ1) is 7.27. The van der Waals surface area contributed by atoms with Gasteiger partial charge in [-0.25, -0.2) is 0 Å². The van der Waals surface area contributed by atoms with Crippen LogP contribution in [-0.2, 0) is 76.8 Å². The van der Waals surface area contributed by atoms with Gasteiger partial charge in [0, 0.05) is 27.2 Å². The summed E-state index contributed by atoms with van der Waals surface area (Å²) in [5.74, 6) is 0. The van der Waals surface area contributed by atoms with Crippen LogP contribution in [0.3, 0.4) is 0 Å². The van der Waals surface area contributed by atoms with E-state index in [1.165, 1.54) is 0 Å². The van der Waals surface area contributed by atoms with Gasteiger partial charge in [0.15, 0.2) is 0 Å². The van der Waals surface area contributed by atoms with Crippen LogP contribution in [0.1, 0.15) is 0 Å². The fourth-order valence-electron chi connectivity index (χ4n) is 0.329. The van der Waals surface area contributed by atoms with Crippen LogP contribution in [0, 0.1) is 0 Å². The molecule has 0 fully saturated rings. The van der Waals surface area contributed by atoms with Crippen LogP contribution < -0.4 is 10.6 Å². The van der Waals surface area contributed by atoms with Crippen molar-refractivity contribution in [2.45, 2.75) is 0 Å². The Kier molecular flexibility index (Phi) is 28.7. The molecule has 0 saturated carbocycles. The van der Waals surface area contributed by atoms with Gasteiger partial charge in [-0.15, -0.1) is 0 Å². The van der Waals surface area contributed by atoms with Crippen LogP contribution in [0.2, 0.25) is 0 Å². The molecule has 0 saturated heterocycles. The molecule has 18 heavy (non-hydrogen) atoms. The third-order valence-electron chi connectivity index (χ3n) is 1.03. The van der Waals surface area contributed by atoms with Crippen LogP contribution in [-0.4, -0.2) is 45.0 Å². The van der Waals surface area contributed by atoms with E-state index in [1.54, 1.807) is 4.90 Å². The number of nitrogens with one attached hydrogen (secondary N) is 2. The topological polar surface area (TPSA) is 27.3 Å². The minimum absolute atomic E-state index is 0. The van der Waals surface area contributed by atoms with Gasteiger partial charge in [0.25, 0.3) is 0 Å². The summed E-state index contributed by atoms with van der Waals surface area (Å²) < 4.78 is 1.25. The van der Waals surface area contributed by atoms with Crippen LogP contribution >= 0.6 is 36.7 Å². The second-order valence-electron chi connectivity index (χ2n) is 2.59. The summed E-state index contributed by atoms with van der Waals surface area (Å²) in [7, 11) is 3.66. The van der Waals surface area contributed by atoms with Gasteiger partial charge < -0.3 is 90.1 Å². The summed E-state index contributed by atoms with van der Waals surface area (Å²) in [6, 6.07) is 0. The van der Waals surface area contributed by atoms with Gasteiger partial charge >= 0.3 is 39.0 Å². The minimum Gasteiger partial charge on any atom is -0.412 e. The zero-order valence-corrected chi connectivity index (χ0v) is 21.1. The predicted octanol–water partition coefficient (Wildman–Crippen LogP) is 0.204. The van der Waals surface area contributed by atoms with Crippen molar-refractivity contribution in [3.05, 3.63) is 0 Å². The third-order valence-corrected chi connectivity index (χ3v) is 2.34. The van der Waals surface area contributed by atoms with Gasteiger partial charge in [-0.05, 0) is 0 Å². The normalized spacial score (nSPS) is 7.22. The number of hydrogen-bond acceptors (Lipinski definition) is 6. The molecule has 0 heterocycles. The molecule has 0 aromatic carbocycles. The monoisotopic (exact) mass is 458 g/mol. The summed E-state index contributed by atoms with van der Waals surface area (Å²) >= 11 is 27.5. The van der Waals surface area contributed by atoms with E-state index in [4.69, 9.17) is 0 Å². The Bertz CT molecular complexity index is 235. The van der Waals surface area contributed by atoms with Gasteiger partial charge in [-0.1, -0.05) is 13.0 Å². The maximum Gasteiger partial charge on any atom is 2.00 e. The fourth-order valence-corrected chi connectivity index (χ4v) is 0.737. The van der Waals surface area contributed by atoms with Crippen molar-refractivity contribution in [2.75, 3.05) is 27.2 Å². The van der Waals surface area contributed by atoms with E-state index < -0.39 is 0 Å². The molecule has 0 aliphatic carbocycles. The molecule has 94 valence electrons. The SMILES string of the molecule is CN(C)C(=S)[S-].S=C([S-])NCCNC(=S)[S-].[Zn+2].[Zn+2]. The van der Waals surface area contributed by atoms with Crippen LogP contribution in [0.4, 0.5) is 0 Å². The Hall–Kier alpha value is 1.58. The number of hydrogen-bond donors (Lipinski definition) is 2. The second-order valence-corrected chi connectivity index (χ2v) is 5.77. The molecule has 0 amide bonds. The minimum atomic E-state index is 0. The Balaban J connectivity index is -0.000000108. The molecule has 0 aliphatic rings. The van der Waals surface area contributed by atoms with Crippen molar-refractivity contribution >= 4 is 87.5 Å². The first-order valence-electron chi connectivity index (χ1n) is 4.05. The Morgan fingerprint density at radius 1 is 0.889 bits per heavy atom. The van der Waals surface area contributed by atoms with Crippen molar-refractivity contribution in [1.29, 1.82) is 0 Å². The molecular formula is C7H12N3S6Zn2+. The summed E-state index contributed by atoms with van der Waals surface area (Å²) in [6.07, 6.45) is 0. The molecule has 0 radical (unpaired) electrons. The molecular weight excluding hydrogens is 449 g/mol. The third kappa shape index (κ3) is 30.5. The smallest absolute Gasteiger partial charge is 0.412 e. The number of rotatable bonds is 3. The molecule has 2 N–H and O–H groups in total. The van der Waals surface area contributed by atoms with E-state index in [9.17, 15) is 0 Å². The molecule has 0 aliphatic heterocycles. The summed E-state index contributed by atoms with van der Waals surface area (Å²) in [5.41, 5.74) is 0. The maximum atomic E-state index is 4.59. The van der Waals surface area contributed by atoms with E-state index in [0.29, 0.717) is 26.1 Å². The molecule has 11 heteroatoms. The second kappa shape index (κ2) is 18.6. The summed E-state index contributed by atoms with van der Waals surface area (Å²) in [4.78, 5) is 1.71. The van der Waals surface area contributed by atoms with Gasteiger partial charge in [0.2, 0.25) is 0 Å². The quantitative estimate of drug-likeness (QED) is 0.265. The molecule has 0 spiro atoms. The zero-order chi connectivity index (χ0) is 13.1. The van der Waals surface area contributed by atoms with Crippen molar-refractivity contribution < 1.29 is 39.0 Å². The van der Waals surface area contributed by atoms with Gasteiger partial charge in [-0.2, -0.15) is 0 Å². The molecule has 3 nitrogen and oxygen atoms in total. The molecule has 0 unspecified atom stereocenters. The number of thiocarbonyl (C=S) groups is 3. The average molecular weight is 461 g/mol. The van der Waals surface area contributed by atoms with E-state index in [0.717, 1.165) is 0 Å². The van der Waals surface area contributed by atoms with Gasteiger partial charge in [-0.3, -0.25) is 0 Å². The first-order valence-corrected chi connectivity index (χ1v) is 6.50.